The molecule has 3 aromatic rings. The maximum absolute atomic E-state index is 12.5. The smallest absolute Gasteiger partial charge is 0.493 e. The van der Waals surface area contributed by atoms with E-state index < -0.39 is 15.5 Å². The molecular formula is C25H20F3N3O4S2. The average molecular weight is 548 g/mol. The molecule has 0 unspecified atom stereocenters. The molecule has 1 amide bonds. The number of hydrogen-bond donors (Lipinski definition) is 2. The van der Waals surface area contributed by atoms with Crippen molar-refractivity contribution in [1.29, 1.82) is 0 Å². The van der Waals surface area contributed by atoms with Gasteiger partial charge in [0.05, 0.1) is 17.2 Å². The number of amidine groups is 1. The molecule has 0 spiro atoms. The third-order valence-electron chi connectivity index (χ3n) is 4.99. The summed E-state index contributed by atoms with van der Waals surface area (Å²) in [5.41, 5.74) is -3.40. The first-order valence-corrected chi connectivity index (χ1v) is 13.1. The van der Waals surface area contributed by atoms with Crippen molar-refractivity contribution in [2.24, 2.45) is 4.99 Å². The average Bonchev–Trinajstić information content (AvgIpc) is 3.19. The van der Waals surface area contributed by atoms with Gasteiger partial charge in [-0.1, -0.05) is 42.5 Å². The van der Waals surface area contributed by atoms with Gasteiger partial charge < -0.3 is 10.1 Å². The second-order valence-electron chi connectivity index (χ2n) is 7.73. The maximum Gasteiger partial charge on any atom is 0.516 e. The monoisotopic (exact) mass is 547 g/mol. The molecule has 1 aliphatic heterocycles. The lowest BCUT2D eigenvalue weighted by atomic mass is 10.2. The molecule has 1 saturated heterocycles. The van der Waals surface area contributed by atoms with Crippen molar-refractivity contribution in [2.45, 2.75) is 11.9 Å². The fourth-order valence-electron chi connectivity index (χ4n) is 3.16. The molecule has 0 aliphatic carbocycles. The molecule has 1 fully saturated rings. The van der Waals surface area contributed by atoms with E-state index in [2.05, 4.69) is 10.3 Å². The number of amides is 1. The predicted molar refractivity (Wildman–Crippen MR) is 138 cm³/mol. The van der Waals surface area contributed by atoms with E-state index in [1.165, 1.54) is 22.4 Å². The molecule has 0 radical (unpaired) electrons. The van der Waals surface area contributed by atoms with Gasteiger partial charge in [0.25, 0.3) is 5.91 Å². The fraction of sp³-hybridized carbons (Fsp3) is 0.120. The van der Waals surface area contributed by atoms with Crippen molar-refractivity contribution in [3.05, 3.63) is 94.9 Å². The van der Waals surface area contributed by atoms with Gasteiger partial charge in [-0.3, -0.25) is 9.52 Å². The standard InChI is InChI=1S/C25H20F3N3O4S2/c26-25(27,28)37(33,34)31-20-10-8-19(9-11-20)29-24-30-23(32)22(36-24)16-18-6-12-21(13-7-18)35-15-14-17-4-2-1-3-5-17/h1-13,16,31H,14-15H2,(H,29,30,32)/b22-16+. The molecule has 12 heteroatoms. The molecule has 3 aromatic carbocycles. The van der Waals surface area contributed by atoms with Gasteiger partial charge in [-0.15, -0.1) is 0 Å². The zero-order valence-electron chi connectivity index (χ0n) is 19.0. The zero-order valence-corrected chi connectivity index (χ0v) is 20.7. The first-order chi connectivity index (χ1) is 17.6. The van der Waals surface area contributed by atoms with E-state index in [4.69, 9.17) is 4.74 Å². The number of rotatable bonds is 8. The second kappa shape index (κ2) is 11.1. The van der Waals surface area contributed by atoms with Crippen molar-refractivity contribution in [1.82, 2.24) is 5.32 Å². The summed E-state index contributed by atoms with van der Waals surface area (Å²) in [6, 6.07) is 22.2. The lowest BCUT2D eigenvalue weighted by Gasteiger charge is -2.10. The first kappa shape index (κ1) is 26.3. The Morgan fingerprint density at radius 2 is 1.65 bits per heavy atom. The third kappa shape index (κ3) is 7.14. The van der Waals surface area contributed by atoms with Crippen molar-refractivity contribution in [3.8, 4) is 5.75 Å². The van der Waals surface area contributed by atoms with E-state index >= 15 is 0 Å². The van der Waals surface area contributed by atoms with Crippen LogP contribution in [-0.4, -0.2) is 31.6 Å². The number of anilines is 1. The topological polar surface area (TPSA) is 96.9 Å². The molecule has 0 atom stereocenters. The van der Waals surface area contributed by atoms with Crippen LogP contribution in [0.5, 0.6) is 5.75 Å². The van der Waals surface area contributed by atoms with Crippen LogP contribution in [0.3, 0.4) is 0 Å². The number of benzene rings is 3. The van der Waals surface area contributed by atoms with Gasteiger partial charge in [0, 0.05) is 12.1 Å². The Labute approximate surface area is 215 Å². The molecular weight excluding hydrogens is 527 g/mol. The molecule has 1 heterocycles. The number of halogens is 3. The van der Waals surface area contributed by atoms with E-state index in [1.54, 1.807) is 6.08 Å². The van der Waals surface area contributed by atoms with Crippen molar-refractivity contribution >= 4 is 50.3 Å². The fourth-order valence-corrected chi connectivity index (χ4v) is 4.56. The molecule has 4 rings (SSSR count). The van der Waals surface area contributed by atoms with Crippen LogP contribution in [0, 0.1) is 0 Å². The number of aliphatic imine (C=N–C) groups is 1. The largest absolute Gasteiger partial charge is 0.516 e. The molecule has 0 aromatic heterocycles. The molecule has 2 N–H and O–H groups in total. The highest BCUT2D eigenvalue weighted by Crippen LogP contribution is 2.30. The number of nitrogens with one attached hydrogen (secondary N) is 2. The number of thioether (sulfide) groups is 1. The SMILES string of the molecule is O=C1NC(=Nc2ccc(NS(=O)(=O)C(F)(F)F)cc2)S/C1=C/c1ccc(OCCc2ccccc2)cc1. The Morgan fingerprint density at radius 3 is 2.30 bits per heavy atom. The summed E-state index contributed by atoms with van der Waals surface area (Å²) in [6.07, 6.45) is 2.49. The second-order valence-corrected chi connectivity index (χ2v) is 10.4. The van der Waals surface area contributed by atoms with E-state index in [0.29, 0.717) is 22.9 Å². The van der Waals surface area contributed by atoms with Crippen LogP contribution in [0.4, 0.5) is 24.5 Å². The summed E-state index contributed by atoms with van der Waals surface area (Å²) in [7, 11) is -5.51. The van der Waals surface area contributed by atoms with Crippen LogP contribution >= 0.6 is 11.8 Å². The van der Waals surface area contributed by atoms with Crippen molar-refractivity contribution in [2.75, 3.05) is 11.3 Å². The highest BCUT2D eigenvalue weighted by Gasteiger charge is 2.46. The predicted octanol–water partition coefficient (Wildman–Crippen LogP) is 5.46. The van der Waals surface area contributed by atoms with E-state index in [-0.39, 0.29) is 16.8 Å². The Bertz CT molecular complexity index is 1420. The van der Waals surface area contributed by atoms with Gasteiger partial charge >= 0.3 is 15.5 Å². The minimum absolute atomic E-state index is 0.266. The summed E-state index contributed by atoms with van der Waals surface area (Å²) in [5.74, 6) is 0.367. The number of carbonyl (C=O) groups is 1. The van der Waals surface area contributed by atoms with Gasteiger partial charge in [0.15, 0.2) is 5.17 Å². The third-order valence-corrected chi connectivity index (χ3v) is 7.01. The van der Waals surface area contributed by atoms with Gasteiger partial charge in [-0.2, -0.15) is 21.6 Å². The van der Waals surface area contributed by atoms with Crippen molar-refractivity contribution < 1.29 is 31.1 Å². The Kier molecular flexibility index (Phi) is 7.89. The van der Waals surface area contributed by atoms with E-state index in [0.717, 1.165) is 35.9 Å². The molecule has 0 bridgehead atoms. The maximum atomic E-state index is 12.5. The van der Waals surface area contributed by atoms with Crippen LogP contribution in [0.1, 0.15) is 11.1 Å². The minimum atomic E-state index is -5.51. The van der Waals surface area contributed by atoms with Crippen LogP contribution < -0.4 is 14.8 Å². The Hall–Kier alpha value is -3.77. The Morgan fingerprint density at radius 1 is 0.973 bits per heavy atom. The molecule has 7 nitrogen and oxygen atoms in total. The summed E-state index contributed by atoms with van der Waals surface area (Å²) in [6.45, 7) is 0.539. The summed E-state index contributed by atoms with van der Waals surface area (Å²) in [5, 5.41) is 2.90. The first-order valence-electron chi connectivity index (χ1n) is 10.8. The van der Waals surface area contributed by atoms with Crippen LogP contribution in [0.2, 0.25) is 0 Å². The van der Waals surface area contributed by atoms with Gasteiger partial charge in [0.1, 0.15) is 5.75 Å². The lowest BCUT2D eigenvalue weighted by Crippen LogP contribution is -2.29. The van der Waals surface area contributed by atoms with Crippen LogP contribution in [0.25, 0.3) is 6.08 Å². The molecule has 37 heavy (non-hydrogen) atoms. The Balaban J connectivity index is 1.35. The number of hydrogen-bond acceptors (Lipinski definition) is 6. The minimum Gasteiger partial charge on any atom is -0.493 e. The number of alkyl halides is 3. The molecule has 0 saturated carbocycles. The number of nitrogens with zero attached hydrogens (tertiary/aromatic N) is 1. The lowest BCUT2D eigenvalue weighted by molar-refractivity contribution is -0.115. The number of sulfonamides is 1. The molecule has 1 aliphatic rings. The summed E-state index contributed by atoms with van der Waals surface area (Å²) < 4.78 is 67.1. The highest BCUT2D eigenvalue weighted by atomic mass is 32.2. The van der Waals surface area contributed by atoms with Crippen LogP contribution in [0.15, 0.2) is 88.8 Å². The normalized spacial score (nSPS) is 16.1. The number of carbonyl (C=O) groups excluding carboxylic acids is 1. The van der Waals surface area contributed by atoms with Crippen molar-refractivity contribution in [3.63, 3.8) is 0 Å². The van der Waals surface area contributed by atoms with Gasteiger partial charge in [-0.05, 0) is 65.4 Å². The van der Waals surface area contributed by atoms with Gasteiger partial charge in [0.2, 0.25) is 0 Å². The van der Waals surface area contributed by atoms with Gasteiger partial charge in [-0.25, -0.2) is 4.99 Å². The quantitative estimate of drug-likeness (QED) is 0.365. The summed E-state index contributed by atoms with van der Waals surface area (Å²) >= 11 is 1.10. The zero-order chi connectivity index (χ0) is 26.5. The summed E-state index contributed by atoms with van der Waals surface area (Å²) in [4.78, 5) is 17.0. The highest BCUT2D eigenvalue weighted by molar-refractivity contribution is 8.18. The van der Waals surface area contributed by atoms with Crippen LogP contribution in [-0.2, 0) is 21.2 Å². The molecule has 192 valence electrons. The van der Waals surface area contributed by atoms with E-state index in [1.807, 2.05) is 54.6 Å². The number of ether oxygens (including phenoxy) is 1. The van der Waals surface area contributed by atoms with E-state index in [9.17, 15) is 26.4 Å².